The van der Waals surface area contributed by atoms with E-state index in [1.165, 1.54) is 25.7 Å². The molecule has 140 valence electrons. The van der Waals surface area contributed by atoms with Crippen LogP contribution in [-0.2, 0) is 0 Å². The summed E-state index contributed by atoms with van der Waals surface area (Å²) in [7, 11) is 2.18. The van der Waals surface area contributed by atoms with Gasteiger partial charge in [-0.1, -0.05) is 30.5 Å². The van der Waals surface area contributed by atoms with E-state index in [0.29, 0.717) is 10.7 Å². The minimum absolute atomic E-state index is 0.0438. The maximum atomic E-state index is 12.7. The number of rotatable bonds is 4. The van der Waals surface area contributed by atoms with Gasteiger partial charge in [-0.15, -0.1) is 0 Å². The highest BCUT2D eigenvalue weighted by Crippen LogP contribution is 2.35. The fraction of sp³-hybridized carbons (Fsp3) is 0.550. The van der Waals surface area contributed by atoms with Crippen LogP contribution in [0.2, 0.25) is 5.02 Å². The SMILES string of the molecule is CN1CCN(C2(CNC(=O)c3cc4c(Cl)cccc4[nH]3)CCCC2)CC1. The van der Waals surface area contributed by atoms with Crippen LogP contribution in [0.4, 0.5) is 0 Å². The van der Waals surface area contributed by atoms with Crippen LogP contribution in [0.1, 0.15) is 36.2 Å². The molecule has 0 atom stereocenters. The number of nitrogens with one attached hydrogen (secondary N) is 2. The minimum atomic E-state index is -0.0438. The monoisotopic (exact) mass is 374 g/mol. The fourth-order valence-electron chi connectivity index (χ4n) is 4.50. The molecular weight excluding hydrogens is 348 g/mol. The van der Waals surface area contributed by atoms with Crippen molar-refractivity contribution in [1.29, 1.82) is 0 Å². The molecule has 1 amide bonds. The lowest BCUT2D eigenvalue weighted by Gasteiger charge is -2.45. The summed E-state index contributed by atoms with van der Waals surface area (Å²) >= 11 is 6.23. The number of aromatic nitrogens is 1. The van der Waals surface area contributed by atoms with Crippen molar-refractivity contribution in [2.24, 2.45) is 0 Å². The van der Waals surface area contributed by atoms with Crippen LogP contribution in [0.25, 0.3) is 10.9 Å². The third-order valence-electron chi connectivity index (χ3n) is 6.14. The molecule has 2 N–H and O–H groups in total. The van der Waals surface area contributed by atoms with Gasteiger partial charge in [0.2, 0.25) is 0 Å². The van der Waals surface area contributed by atoms with E-state index in [0.717, 1.165) is 43.6 Å². The van der Waals surface area contributed by atoms with Gasteiger partial charge in [0.05, 0.1) is 0 Å². The van der Waals surface area contributed by atoms with E-state index < -0.39 is 0 Å². The van der Waals surface area contributed by atoms with Crippen LogP contribution in [0.3, 0.4) is 0 Å². The number of fused-ring (bicyclic) bond motifs is 1. The summed E-state index contributed by atoms with van der Waals surface area (Å²) in [5.74, 6) is -0.0438. The minimum Gasteiger partial charge on any atom is -0.350 e. The first-order chi connectivity index (χ1) is 12.6. The highest BCUT2D eigenvalue weighted by Gasteiger charge is 2.40. The number of halogens is 1. The predicted octanol–water partition coefficient (Wildman–Crippen LogP) is 3.11. The average Bonchev–Trinajstić information content (AvgIpc) is 3.29. The van der Waals surface area contributed by atoms with Crippen molar-refractivity contribution < 1.29 is 4.79 Å². The molecule has 1 aliphatic carbocycles. The number of carbonyl (C=O) groups is 1. The van der Waals surface area contributed by atoms with Crippen LogP contribution in [0.5, 0.6) is 0 Å². The molecule has 2 heterocycles. The van der Waals surface area contributed by atoms with Gasteiger partial charge >= 0.3 is 0 Å². The number of nitrogens with zero attached hydrogens (tertiary/aromatic N) is 2. The van der Waals surface area contributed by atoms with Crippen molar-refractivity contribution in [1.82, 2.24) is 20.1 Å². The van der Waals surface area contributed by atoms with Crippen LogP contribution < -0.4 is 5.32 Å². The second-order valence-electron chi connectivity index (χ2n) is 7.79. The standard InChI is InChI=1S/C20H27ClN4O/c1-24-9-11-25(12-10-24)20(7-2-3-8-20)14-22-19(26)18-13-15-16(21)5-4-6-17(15)23-18/h4-6,13,23H,2-3,7-12,14H2,1H3,(H,22,26). The number of amides is 1. The smallest absolute Gasteiger partial charge is 0.267 e. The summed E-state index contributed by atoms with van der Waals surface area (Å²) in [5.41, 5.74) is 1.61. The molecule has 0 radical (unpaired) electrons. The molecule has 1 aromatic carbocycles. The highest BCUT2D eigenvalue weighted by atomic mass is 35.5. The molecule has 1 aliphatic heterocycles. The van der Waals surface area contributed by atoms with Crippen molar-refractivity contribution in [3.63, 3.8) is 0 Å². The lowest BCUT2D eigenvalue weighted by Crippen LogP contribution is -2.59. The number of H-pyrrole nitrogens is 1. The van der Waals surface area contributed by atoms with Gasteiger partial charge in [0, 0.05) is 54.2 Å². The van der Waals surface area contributed by atoms with E-state index >= 15 is 0 Å². The first kappa shape index (κ1) is 17.8. The topological polar surface area (TPSA) is 51.4 Å². The van der Waals surface area contributed by atoms with Gasteiger partial charge < -0.3 is 15.2 Å². The molecule has 1 aromatic heterocycles. The van der Waals surface area contributed by atoms with E-state index in [9.17, 15) is 4.79 Å². The largest absolute Gasteiger partial charge is 0.350 e. The summed E-state index contributed by atoms with van der Waals surface area (Å²) in [4.78, 5) is 20.9. The van der Waals surface area contributed by atoms with Crippen LogP contribution in [0.15, 0.2) is 24.3 Å². The highest BCUT2D eigenvalue weighted by molar-refractivity contribution is 6.35. The zero-order valence-corrected chi connectivity index (χ0v) is 16.1. The number of aromatic amines is 1. The zero-order valence-electron chi connectivity index (χ0n) is 15.4. The number of benzene rings is 1. The molecular formula is C20H27ClN4O. The zero-order chi connectivity index (χ0) is 18.1. The predicted molar refractivity (Wildman–Crippen MR) is 106 cm³/mol. The van der Waals surface area contributed by atoms with Gasteiger partial charge in [-0.3, -0.25) is 9.69 Å². The molecule has 1 saturated heterocycles. The molecule has 5 nitrogen and oxygen atoms in total. The molecule has 0 unspecified atom stereocenters. The maximum absolute atomic E-state index is 12.7. The first-order valence-corrected chi connectivity index (χ1v) is 9.94. The Morgan fingerprint density at radius 3 is 2.65 bits per heavy atom. The Hall–Kier alpha value is -1.56. The van der Waals surface area contributed by atoms with Crippen LogP contribution in [0, 0.1) is 0 Å². The van der Waals surface area contributed by atoms with Crippen LogP contribution >= 0.6 is 11.6 Å². The molecule has 6 heteroatoms. The number of hydrogen-bond acceptors (Lipinski definition) is 3. The second-order valence-corrected chi connectivity index (χ2v) is 8.20. The number of hydrogen-bond donors (Lipinski definition) is 2. The fourth-order valence-corrected chi connectivity index (χ4v) is 4.73. The molecule has 1 saturated carbocycles. The van der Waals surface area contributed by atoms with E-state index in [4.69, 9.17) is 11.6 Å². The molecule has 0 bridgehead atoms. The molecule has 26 heavy (non-hydrogen) atoms. The van der Waals surface area contributed by atoms with Gasteiger partial charge in [0.1, 0.15) is 5.69 Å². The van der Waals surface area contributed by atoms with Crippen molar-refractivity contribution in [2.45, 2.75) is 31.2 Å². The van der Waals surface area contributed by atoms with Gasteiger partial charge in [0.25, 0.3) is 5.91 Å². The molecule has 2 aliphatic rings. The Balaban J connectivity index is 1.47. The Morgan fingerprint density at radius 2 is 1.96 bits per heavy atom. The lowest BCUT2D eigenvalue weighted by molar-refractivity contribution is 0.0414. The number of likely N-dealkylation sites (N-methyl/N-ethyl adjacent to an activating group) is 1. The molecule has 4 rings (SSSR count). The summed E-state index contributed by atoms with van der Waals surface area (Å²) in [6.45, 7) is 5.12. The maximum Gasteiger partial charge on any atom is 0.267 e. The second kappa shape index (κ2) is 7.22. The Kier molecular flexibility index (Phi) is 4.95. The van der Waals surface area contributed by atoms with E-state index in [-0.39, 0.29) is 11.4 Å². The van der Waals surface area contributed by atoms with Gasteiger partial charge in [-0.2, -0.15) is 0 Å². The number of piperazine rings is 1. The van der Waals surface area contributed by atoms with Gasteiger partial charge in [-0.05, 0) is 38.1 Å². The molecule has 2 fully saturated rings. The van der Waals surface area contributed by atoms with Crippen LogP contribution in [-0.4, -0.2) is 66.0 Å². The van der Waals surface area contributed by atoms with Gasteiger partial charge in [0.15, 0.2) is 0 Å². The van der Waals surface area contributed by atoms with E-state index in [1.54, 1.807) is 0 Å². The third-order valence-corrected chi connectivity index (χ3v) is 6.47. The Morgan fingerprint density at radius 1 is 1.23 bits per heavy atom. The first-order valence-electron chi connectivity index (χ1n) is 9.56. The van der Waals surface area contributed by atoms with E-state index in [2.05, 4.69) is 27.1 Å². The Labute approximate surface area is 159 Å². The van der Waals surface area contributed by atoms with Crippen molar-refractivity contribution in [2.75, 3.05) is 39.8 Å². The van der Waals surface area contributed by atoms with Gasteiger partial charge in [-0.25, -0.2) is 0 Å². The lowest BCUT2D eigenvalue weighted by atomic mass is 9.93. The number of carbonyl (C=O) groups excluding carboxylic acids is 1. The average molecular weight is 375 g/mol. The Bertz CT molecular complexity index is 788. The third kappa shape index (κ3) is 3.36. The summed E-state index contributed by atoms with van der Waals surface area (Å²) in [6, 6.07) is 7.54. The van der Waals surface area contributed by atoms with E-state index in [1.807, 2.05) is 24.3 Å². The van der Waals surface area contributed by atoms with Crippen molar-refractivity contribution in [3.8, 4) is 0 Å². The van der Waals surface area contributed by atoms with Crippen molar-refractivity contribution >= 4 is 28.4 Å². The summed E-state index contributed by atoms with van der Waals surface area (Å²) in [6.07, 6.45) is 4.86. The summed E-state index contributed by atoms with van der Waals surface area (Å²) < 4.78 is 0. The molecule has 2 aromatic rings. The quantitative estimate of drug-likeness (QED) is 0.864. The van der Waals surface area contributed by atoms with Crippen molar-refractivity contribution in [3.05, 3.63) is 35.0 Å². The normalized spacial score (nSPS) is 21.3. The molecule has 0 spiro atoms. The summed E-state index contributed by atoms with van der Waals surface area (Å²) in [5, 5.41) is 4.77.